The van der Waals surface area contributed by atoms with E-state index in [0.717, 1.165) is 11.3 Å². The molecule has 0 saturated heterocycles. The van der Waals surface area contributed by atoms with Crippen LogP contribution in [0.1, 0.15) is 33.3 Å². The second kappa shape index (κ2) is 10.2. The van der Waals surface area contributed by atoms with E-state index in [1.807, 2.05) is 64.1 Å². The van der Waals surface area contributed by atoms with E-state index in [1.54, 1.807) is 12.1 Å². The number of carbonyl (C=O) groups excluding carboxylic acids is 1. The van der Waals surface area contributed by atoms with Crippen LogP contribution in [0.25, 0.3) is 0 Å². The summed E-state index contributed by atoms with van der Waals surface area (Å²) >= 11 is 0. The summed E-state index contributed by atoms with van der Waals surface area (Å²) in [5, 5.41) is 3.99. The van der Waals surface area contributed by atoms with Gasteiger partial charge in [-0.3, -0.25) is 4.79 Å². The van der Waals surface area contributed by atoms with E-state index in [2.05, 4.69) is 10.5 Å². The molecule has 27 heavy (non-hydrogen) atoms. The molecular formula is C21H26N2O4. The molecule has 0 aliphatic carbocycles. The molecule has 0 heterocycles. The van der Waals surface area contributed by atoms with E-state index in [4.69, 9.17) is 14.2 Å². The molecule has 0 fully saturated rings. The zero-order valence-electron chi connectivity index (χ0n) is 16.1. The lowest BCUT2D eigenvalue weighted by Crippen LogP contribution is -2.24. The SMILES string of the molecule is CC(C)Oc1ccc(/C=N\NC(=O)COc2ccccc2)c(OC(C)C)c1. The maximum atomic E-state index is 11.8. The predicted octanol–water partition coefficient (Wildman–Crippen LogP) is 3.79. The first-order valence-corrected chi connectivity index (χ1v) is 8.91. The highest BCUT2D eigenvalue weighted by Crippen LogP contribution is 2.25. The molecule has 2 aromatic carbocycles. The zero-order chi connectivity index (χ0) is 19.6. The van der Waals surface area contributed by atoms with Crippen LogP contribution in [0.2, 0.25) is 0 Å². The number of benzene rings is 2. The molecule has 6 heteroatoms. The van der Waals surface area contributed by atoms with Crippen molar-refractivity contribution in [1.82, 2.24) is 5.43 Å². The van der Waals surface area contributed by atoms with Gasteiger partial charge < -0.3 is 14.2 Å². The monoisotopic (exact) mass is 370 g/mol. The van der Waals surface area contributed by atoms with Gasteiger partial charge in [0.2, 0.25) is 0 Å². The molecule has 2 aromatic rings. The minimum atomic E-state index is -0.346. The van der Waals surface area contributed by atoms with E-state index in [9.17, 15) is 4.79 Å². The average Bonchev–Trinajstić information content (AvgIpc) is 2.61. The Morgan fingerprint density at radius 1 is 1.00 bits per heavy atom. The number of rotatable bonds is 9. The molecule has 0 aliphatic rings. The second-order valence-electron chi connectivity index (χ2n) is 6.43. The normalized spacial score (nSPS) is 11.0. The Morgan fingerprint density at radius 2 is 1.70 bits per heavy atom. The Hall–Kier alpha value is -3.02. The van der Waals surface area contributed by atoms with Gasteiger partial charge in [-0.05, 0) is 52.0 Å². The van der Waals surface area contributed by atoms with Gasteiger partial charge >= 0.3 is 0 Å². The first-order chi connectivity index (χ1) is 12.9. The minimum absolute atomic E-state index is 0.000290. The van der Waals surface area contributed by atoms with Crippen molar-refractivity contribution >= 4 is 12.1 Å². The van der Waals surface area contributed by atoms with Gasteiger partial charge in [0.25, 0.3) is 5.91 Å². The number of para-hydroxylation sites is 1. The van der Waals surface area contributed by atoms with Gasteiger partial charge in [0.15, 0.2) is 6.61 Å². The van der Waals surface area contributed by atoms with E-state index >= 15 is 0 Å². The number of hydrogen-bond donors (Lipinski definition) is 1. The van der Waals surface area contributed by atoms with Crippen LogP contribution in [0.15, 0.2) is 53.6 Å². The molecular weight excluding hydrogens is 344 g/mol. The third-order valence-corrected chi connectivity index (χ3v) is 3.23. The Morgan fingerprint density at radius 3 is 2.37 bits per heavy atom. The number of nitrogens with zero attached hydrogens (tertiary/aromatic N) is 1. The van der Waals surface area contributed by atoms with Crippen LogP contribution in [0.5, 0.6) is 17.2 Å². The Kier molecular flexibility index (Phi) is 7.67. The van der Waals surface area contributed by atoms with Crippen molar-refractivity contribution < 1.29 is 19.0 Å². The lowest BCUT2D eigenvalue weighted by Gasteiger charge is -2.15. The van der Waals surface area contributed by atoms with E-state index in [1.165, 1.54) is 6.21 Å². The van der Waals surface area contributed by atoms with Gasteiger partial charge in [-0.25, -0.2) is 5.43 Å². The van der Waals surface area contributed by atoms with Crippen molar-refractivity contribution in [2.24, 2.45) is 5.10 Å². The summed E-state index contributed by atoms with van der Waals surface area (Å²) in [6.07, 6.45) is 1.61. The highest BCUT2D eigenvalue weighted by Gasteiger charge is 2.08. The highest BCUT2D eigenvalue weighted by molar-refractivity contribution is 5.85. The van der Waals surface area contributed by atoms with Crippen LogP contribution < -0.4 is 19.6 Å². The molecule has 2 rings (SSSR count). The molecule has 144 valence electrons. The van der Waals surface area contributed by atoms with Crippen LogP contribution >= 0.6 is 0 Å². The average molecular weight is 370 g/mol. The summed E-state index contributed by atoms with van der Waals surface area (Å²) in [6, 6.07) is 14.6. The third kappa shape index (κ3) is 7.40. The summed E-state index contributed by atoms with van der Waals surface area (Å²) in [5.74, 6) is 1.64. The topological polar surface area (TPSA) is 69.2 Å². The van der Waals surface area contributed by atoms with Crippen LogP contribution in [0.3, 0.4) is 0 Å². The maximum Gasteiger partial charge on any atom is 0.277 e. The fourth-order valence-electron chi connectivity index (χ4n) is 2.19. The number of ether oxygens (including phenoxy) is 3. The van der Waals surface area contributed by atoms with E-state index in [0.29, 0.717) is 11.5 Å². The standard InChI is InChI=1S/C21H26N2O4/c1-15(2)26-19-11-10-17(20(12-19)27-16(3)4)13-22-23-21(24)14-25-18-8-6-5-7-9-18/h5-13,15-16H,14H2,1-4H3,(H,23,24)/b22-13-. The maximum absolute atomic E-state index is 11.8. The Labute approximate surface area is 160 Å². The van der Waals surface area contributed by atoms with Crippen molar-refractivity contribution in [3.05, 3.63) is 54.1 Å². The molecule has 0 atom stereocenters. The fraction of sp³-hybridized carbons (Fsp3) is 0.333. The van der Waals surface area contributed by atoms with Crippen LogP contribution in [-0.4, -0.2) is 30.9 Å². The van der Waals surface area contributed by atoms with Gasteiger partial charge in [-0.1, -0.05) is 18.2 Å². The van der Waals surface area contributed by atoms with Crippen molar-refractivity contribution in [3.8, 4) is 17.2 Å². The van der Waals surface area contributed by atoms with Gasteiger partial charge in [0.05, 0.1) is 18.4 Å². The quantitative estimate of drug-likeness (QED) is 0.539. The first kappa shape index (κ1) is 20.3. The molecule has 0 unspecified atom stereocenters. The summed E-state index contributed by atoms with van der Waals surface area (Å²) in [7, 11) is 0. The number of nitrogens with one attached hydrogen (secondary N) is 1. The minimum Gasteiger partial charge on any atom is -0.491 e. The smallest absolute Gasteiger partial charge is 0.277 e. The van der Waals surface area contributed by atoms with Crippen molar-refractivity contribution in [1.29, 1.82) is 0 Å². The number of amides is 1. The summed E-state index contributed by atoms with van der Waals surface area (Å²) < 4.78 is 16.9. The highest BCUT2D eigenvalue weighted by atomic mass is 16.5. The molecule has 0 saturated carbocycles. The van der Waals surface area contributed by atoms with Gasteiger partial charge in [0, 0.05) is 11.6 Å². The number of hydrogen-bond acceptors (Lipinski definition) is 5. The summed E-state index contributed by atoms with van der Waals surface area (Å²) in [4.78, 5) is 11.8. The predicted molar refractivity (Wildman–Crippen MR) is 106 cm³/mol. The molecule has 0 aliphatic heterocycles. The van der Waals surface area contributed by atoms with E-state index < -0.39 is 0 Å². The van der Waals surface area contributed by atoms with Crippen molar-refractivity contribution in [2.45, 2.75) is 39.9 Å². The van der Waals surface area contributed by atoms with Crippen LogP contribution in [-0.2, 0) is 4.79 Å². The molecule has 0 bridgehead atoms. The molecule has 0 spiro atoms. The van der Waals surface area contributed by atoms with Gasteiger partial charge in [-0.15, -0.1) is 0 Å². The lowest BCUT2D eigenvalue weighted by atomic mass is 10.2. The molecule has 1 amide bonds. The Balaban J connectivity index is 1.96. The second-order valence-corrected chi connectivity index (χ2v) is 6.43. The van der Waals surface area contributed by atoms with Crippen molar-refractivity contribution in [3.63, 3.8) is 0 Å². The zero-order valence-corrected chi connectivity index (χ0v) is 16.1. The summed E-state index contributed by atoms with van der Waals surface area (Å²) in [6.45, 7) is 7.70. The molecule has 6 nitrogen and oxygen atoms in total. The van der Waals surface area contributed by atoms with E-state index in [-0.39, 0.29) is 24.7 Å². The van der Waals surface area contributed by atoms with Crippen LogP contribution in [0.4, 0.5) is 0 Å². The number of carbonyl (C=O) groups is 1. The largest absolute Gasteiger partial charge is 0.491 e. The first-order valence-electron chi connectivity index (χ1n) is 8.91. The molecule has 1 N–H and O–H groups in total. The summed E-state index contributed by atoms with van der Waals surface area (Å²) in [5.41, 5.74) is 3.19. The molecule has 0 radical (unpaired) electrons. The lowest BCUT2D eigenvalue weighted by molar-refractivity contribution is -0.123. The fourth-order valence-corrected chi connectivity index (χ4v) is 2.19. The van der Waals surface area contributed by atoms with Gasteiger partial charge in [0.1, 0.15) is 17.2 Å². The van der Waals surface area contributed by atoms with Gasteiger partial charge in [-0.2, -0.15) is 5.10 Å². The third-order valence-electron chi connectivity index (χ3n) is 3.23. The van der Waals surface area contributed by atoms with Crippen LogP contribution in [0, 0.1) is 0 Å². The molecule has 0 aromatic heterocycles. The van der Waals surface area contributed by atoms with Crippen molar-refractivity contribution in [2.75, 3.05) is 6.61 Å². The Bertz CT molecular complexity index is 758. The number of hydrazone groups is 1.